The Kier molecular flexibility index (Phi) is 35.2. The van der Waals surface area contributed by atoms with E-state index in [2.05, 4.69) is 19.7 Å². The summed E-state index contributed by atoms with van der Waals surface area (Å²) in [6, 6.07) is 0. The molecule has 0 aromatic carbocycles. The third-order valence-corrected chi connectivity index (χ3v) is 10.8. The van der Waals surface area contributed by atoms with Crippen LogP contribution in [0, 0.1) is 123 Å². The predicted molar refractivity (Wildman–Crippen MR) is 221 cm³/mol. The molecule has 0 saturated heterocycles. The zero-order valence-corrected chi connectivity index (χ0v) is 49.4. The molecule has 0 spiro atoms. The first-order chi connectivity index (χ1) is 37.1. The van der Waals surface area contributed by atoms with Crippen molar-refractivity contribution in [3.05, 3.63) is 143 Å². The van der Waals surface area contributed by atoms with Crippen LogP contribution in [0.3, 0.4) is 0 Å². The van der Waals surface area contributed by atoms with E-state index in [1.165, 1.54) is 0 Å². The predicted octanol–water partition coefficient (Wildman–Crippen LogP) is 6.87. The third-order valence-electron chi connectivity index (χ3n) is 6.91. The summed E-state index contributed by atoms with van der Waals surface area (Å²) in [7, 11) is -22.8. The second-order valence-electron chi connectivity index (χ2n) is 12.9. The van der Waals surface area contributed by atoms with Gasteiger partial charge in [-0.3, -0.25) is 0 Å². The Morgan fingerprint density at radius 1 is 0.360 bits per heavy atom. The molecule has 0 aliphatic heterocycles. The van der Waals surface area contributed by atoms with E-state index in [-0.39, 0.29) is 100 Å². The minimum Gasteiger partial charge on any atom is -1.00 e. The summed E-state index contributed by atoms with van der Waals surface area (Å²) in [4.78, 5) is 10.4. The summed E-state index contributed by atoms with van der Waals surface area (Å²) in [5.41, 5.74) is -20.9. The van der Waals surface area contributed by atoms with Crippen LogP contribution in [0.15, 0.2) is 0 Å². The summed E-state index contributed by atoms with van der Waals surface area (Å²) < 4.78 is 459. The molecule has 54 heteroatoms. The second kappa shape index (κ2) is 34.3. The molecule has 0 aliphatic rings. The van der Waals surface area contributed by atoms with Gasteiger partial charge in [0.15, 0.2) is 66.6 Å². The maximum Gasteiger partial charge on any atom is 2.00 e. The van der Waals surface area contributed by atoms with E-state index in [9.17, 15) is 165 Å². The van der Waals surface area contributed by atoms with Gasteiger partial charge in [0.1, 0.15) is 0 Å². The molecule has 0 bridgehead atoms. The van der Waals surface area contributed by atoms with Crippen molar-refractivity contribution < 1.29 is 220 Å². The summed E-state index contributed by atoms with van der Waals surface area (Å²) in [5, 5.41) is 0. The van der Waals surface area contributed by atoms with Gasteiger partial charge in [0.05, 0.1) is 15.8 Å². The molecule has 0 atom stereocenters. The quantitative estimate of drug-likeness (QED) is 0.0944. The van der Waals surface area contributed by atoms with E-state index in [1.807, 2.05) is 16.9 Å². The minimum absolute atomic E-state index is 0. The van der Waals surface area contributed by atoms with Crippen molar-refractivity contribution in [1.29, 1.82) is 0 Å². The zero-order valence-electron chi connectivity index (χ0n) is 42.2. The Labute approximate surface area is 534 Å². The van der Waals surface area contributed by atoms with Crippen molar-refractivity contribution in [2.75, 3.05) is 12.8 Å². The Bertz CT molecular complexity index is 3310. The topological polar surface area (TPSA) is 269 Å². The molecule has 0 unspecified atom stereocenters. The Morgan fingerprint density at radius 2 is 0.547 bits per heavy atom. The summed E-state index contributed by atoms with van der Waals surface area (Å²) in [6.07, 6.45) is 0.516. The number of rotatable bonds is 8. The molecule has 0 saturated carbocycles. The van der Waals surface area contributed by atoms with Crippen molar-refractivity contribution in [1.82, 2.24) is 24.9 Å². The minimum atomic E-state index is -6.35. The molecule has 86 heavy (non-hydrogen) atoms. The summed E-state index contributed by atoms with van der Waals surface area (Å²) in [5.74, 6) is -48.7. The van der Waals surface area contributed by atoms with Crippen molar-refractivity contribution in [2.45, 2.75) is 29.2 Å². The number of alkyl halides is 9. The SMILES string of the molecule is CCN.CS(=O)(=O)[N-]c1c(F)c(F)nc(F)c1F.Fc1nc(F)c(F)c(F)c1F.O=S(=O)(Cc1c(F)c(F)nc(F)c1F)C(F)(F)F.O=S(=O)([N-]c1c(F)c(F)nc(F)c1F)C(F)(F)F.O=S(=O)([N-]c1c(F)c(F)nc(F)c1F)C(F)(F)F.[H-].[H-].[K+].[Mg+2].[Mg+2]. The average molecular weight is 1440 g/mol. The van der Waals surface area contributed by atoms with Gasteiger partial charge in [-0.15, -0.1) is 0 Å². The summed E-state index contributed by atoms with van der Waals surface area (Å²) >= 11 is 0. The van der Waals surface area contributed by atoms with Crippen LogP contribution >= 0.6 is 0 Å². The fourth-order valence-corrected chi connectivity index (χ4v) is 5.87. The number of aromatic nitrogens is 5. The Balaban J connectivity index is -0.000000234. The maximum absolute atomic E-state index is 12.9. The Morgan fingerprint density at radius 3 is 0.733 bits per heavy atom. The molecule has 5 heterocycles. The van der Waals surface area contributed by atoms with Crippen molar-refractivity contribution in [3.63, 3.8) is 0 Å². The fraction of sp³-hybridized carbons (Fsp3) is 0.219. The number of hydrogen-bond donors (Lipinski definition) is 1. The van der Waals surface area contributed by atoms with Crippen LogP contribution in [0.2, 0.25) is 0 Å². The van der Waals surface area contributed by atoms with Gasteiger partial charge in [-0.2, -0.15) is 117 Å². The Hall–Kier alpha value is -4.02. The van der Waals surface area contributed by atoms with Gasteiger partial charge < -0.3 is 22.8 Å². The van der Waals surface area contributed by atoms with E-state index in [1.54, 1.807) is 9.44 Å². The van der Waals surface area contributed by atoms with Gasteiger partial charge in [-0.25, -0.2) is 73.2 Å². The molecule has 0 aliphatic carbocycles. The van der Waals surface area contributed by atoms with Gasteiger partial charge in [0.25, 0.3) is 33.6 Å². The first-order valence-corrected chi connectivity index (χ1v) is 24.6. The third kappa shape index (κ3) is 24.4. The standard InChI is InChI=1S/C7H2F7NO2S.2C6F7N2O2S.C6H3F4N2O2S.C5F5N.C2H7N.K.2Mg.2H/c8-3-2(1-18(16,17)7(12,13)14)4(9)6(11)15-5(3)10;2*7-1-3(2(8)5(10)14-4(1)9)15-18(16,17)6(11,12)13;1-15(13,14)12-4-2(7)5(9)11-6(10)3(4)8;6-1-2(7)4(9)11-5(10)3(1)8;1-2-3;;;;;/h1H2;;;1H3;;2-3H2,1H3;;;;;/q;3*-1;;;+1;2*+2;2*-1. The number of hydrogen-bond acceptors (Lipinski definition) is 14. The maximum atomic E-state index is 12.9. The first kappa shape index (κ1) is 88.4. The molecule has 5 aromatic heterocycles. The van der Waals surface area contributed by atoms with Crippen molar-refractivity contribution in [3.8, 4) is 0 Å². The number of nitrogens with two attached hydrogens (primary N) is 1. The van der Waals surface area contributed by atoms with Crippen molar-refractivity contribution >= 4 is 103 Å². The summed E-state index contributed by atoms with van der Waals surface area (Å²) in [6.45, 7) is 2.65. The van der Waals surface area contributed by atoms with E-state index < -0.39 is 208 Å². The first-order valence-electron chi connectivity index (χ1n) is 18.2. The van der Waals surface area contributed by atoms with E-state index in [0.717, 1.165) is 6.54 Å². The molecule has 5 rings (SSSR count). The second-order valence-corrected chi connectivity index (χ2v) is 19.7. The molecule has 2 N–H and O–H groups in total. The fourth-order valence-electron chi connectivity index (χ4n) is 3.57. The van der Waals surface area contributed by atoms with Crippen LogP contribution in [-0.4, -0.2) is 134 Å². The monoisotopic (exact) mass is 1440 g/mol. The van der Waals surface area contributed by atoms with Gasteiger partial charge in [-0.05, 0) is 23.6 Å². The number of sulfonamides is 3. The molecular formula is C32H14F30KMg2N9O8S4. The van der Waals surface area contributed by atoms with Crippen LogP contribution in [0.25, 0.3) is 14.2 Å². The molecule has 0 fully saturated rings. The van der Waals surface area contributed by atoms with Crippen LogP contribution in [0.1, 0.15) is 15.3 Å². The molecular weight excluding hydrogens is 1420 g/mol. The zero-order chi connectivity index (χ0) is 66.0. The molecule has 474 valence electrons. The van der Waals surface area contributed by atoms with Crippen molar-refractivity contribution in [2.24, 2.45) is 5.73 Å². The molecule has 0 amide bonds. The van der Waals surface area contributed by atoms with Gasteiger partial charge in [0, 0.05) is 11.8 Å². The van der Waals surface area contributed by atoms with E-state index in [0.29, 0.717) is 6.26 Å². The molecule has 0 radical (unpaired) electrons. The normalized spacial score (nSPS) is 11.5. The van der Waals surface area contributed by atoms with Crippen LogP contribution in [0.5, 0.6) is 0 Å². The van der Waals surface area contributed by atoms with Crippen LogP contribution in [0.4, 0.5) is 149 Å². The number of nitrogens with zero attached hydrogens (tertiary/aromatic N) is 8. The molecule has 5 aromatic rings. The number of halogens is 30. The molecule has 17 nitrogen and oxygen atoms in total. The van der Waals surface area contributed by atoms with E-state index >= 15 is 0 Å². The average Bonchev–Trinajstić information content (AvgIpc) is 3.33. The smallest absolute Gasteiger partial charge is 1.00 e. The van der Waals surface area contributed by atoms with Gasteiger partial charge >= 0.3 is 114 Å². The van der Waals surface area contributed by atoms with Gasteiger partial charge in [0.2, 0.25) is 53.1 Å². The number of sulfone groups is 1. The van der Waals surface area contributed by atoms with E-state index in [4.69, 9.17) is 5.73 Å². The van der Waals surface area contributed by atoms with Gasteiger partial charge in [-0.1, -0.05) is 6.92 Å². The van der Waals surface area contributed by atoms with Crippen LogP contribution in [-0.2, 0) is 45.7 Å². The number of pyridine rings is 5. The largest absolute Gasteiger partial charge is 2.00 e. The van der Waals surface area contributed by atoms with Crippen LogP contribution < -0.4 is 57.1 Å².